The molecule has 0 bridgehead atoms. The van der Waals surface area contributed by atoms with E-state index >= 15 is 0 Å². The minimum atomic E-state index is 0.846. The second-order valence-corrected chi connectivity index (χ2v) is 5.28. The molecule has 0 saturated heterocycles. The van der Waals surface area contributed by atoms with E-state index in [1.807, 2.05) is 0 Å². The van der Waals surface area contributed by atoms with Gasteiger partial charge in [-0.2, -0.15) is 0 Å². The number of aliphatic imine (C=N–C) groups is 1. The second kappa shape index (κ2) is 4.61. The zero-order valence-corrected chi connectivity index (χ0v) is 11.5. The first-order valence-electron chi connectivity index (χ1n) is 5.69. The molecule has 1 nitrogen and oxygen atoms in total. The Morgan fingerprint density at radius 3 is 2.65 bits per heavy atom. The number of hydrogen-bond acceptors (Lipinski definition) is 1. The highest BCUT2D eigenvalue weighted by molar-refractivity contribution is 14.1. The van der Waals surface area contributed by atoms with Gasteiger partial charge in [-0.15, -0.1) is 0 Å². The molecular formula is C15H12IN. The fourth-order valence-electron chi connectivity index (χ4n) is 2.13. The van der Waals surface area contributed by atoms with E-state index in [0.717, 1.165) is 16.7 Å². The van der Waals surface area contributed by atoms with Gasteiger partial charge in [0.15, 0.2) is 0 Å². The van der Waals surface area contributed by atoms with Gasteiger partial charge in [0.25, 0.3) is 0 Å². The van der Waals surface area contributed by atoms with Gasteiger partial charge in [0.1, 0.15) is 3.72 Å². The van der Waals surface area contributed by atoms with E-state index in [0.29, 0.717) is 0 Å². The number of hydrogen-bond donors (Lipinski definition) is 0. The molecule has 84 valence electrons. The van der Waals surface area contributed by atoms with Crippen LogP contribution in [0.2, 0.25) is 0 Å². The van der Waals surface area contributed by atoms with Gasteiger partial charge in [-0.1, -0.05) is 42.5 Å². The van der Waals surface area contributed by atoms with Crippen molar-refractivity contribution in [2.75, 3.05) is 0 Å². The monoisotopic (exact) mass is 333 g/mol. The molecule has 0 unspecified atom stereocenters. The van der Waals surface area contributed by atoms with Crippen molar-refractivity contribution in [3.63, 3.8) is 0 Å². The Labute approximate surface area is 115 Å². The predicted octanol–water partition coefficient (Wildman–Crippen LogP) is 3.97. The SMILES string of the molecule is IC1=NCc2ccc(Cc3ccccc3)cc21. The van der Waals surface area contributed by atoms with E-state index in [9.17, 15) is 0 Å². The molecule has 0 fully saturated rings. The first kappa shape index (κ1) is 11.0. The molecule has 0 N–H and O–H groups in total. The van der Waals surface area contributed by atoms with Crippen LogP contribution in [-0.2, 0) is 13.0 Å². The highest BCUT2D eigenvalue weighted by Gasteiger charge is 2.13. The maximum Gasteiger partial charge on any atom is 0.103 e. The number of fused-ring (bicyclic) bond motifs is 1. The van der Waals surface area contributed by atoms with Crippen molar-refractivity contribution in [2.24, 2.45) is 4.99 Å². The van der Waals surface area contributed by atoms with Crippen molar-refractivity contribution in [1.29, 1.82) is 0 Å². The molecule has 0 saturated carbocycles. The number of nitrogens with zero attached hydrogens (tertiary/aromatic N) is 1. The van der Waals surface area contributed by atoms with Crippen LogP contribution in [0.3, 0.4) is 0 Å². The molecule has 2 heteroatoms. The number of benzene rings is 2. The summed E-state index contributed by atoms with van der Waals surface area (Å²) in [5, 5.41) is 0. The van der Waals surface area contributed by atoms with Crippen LogP contribution in [-0.4, -0.2) is 3.72 Å². The van der Waals surface area contributed by atoms with Gasteiger partial charge in [0.2, 0.25) is 0 Å². The third-order valence-corrected chi connectivity index (χ3v) is 3.96. The van der Waals surface area contributed by atoms with Gasteiger partial charge in [0.05, 0.1) is 6.54 Å². The van der Waals surface area contributed by atoms with E-state index in [-0.39, 0.29) is 0 Å². The summed E-state index contributed by atoms with van der Waals surface area (Å²) in [4.78, 5) is 4.46. The summed E-state index contributed by atoms with van der Waals surface area (Å²) in [6, 6.07) is 17.3. The normalized spacial score (nSPS) is 13.4. The molecule has 1 heterocycles. The molecular weight excluding hydrogens is 321 g/mol. The van der Waals surface area contributed by atoms with E-state index in [1.54, 1.807) is 0 Å². The van der Waals surface area contributed by atoms with Crippen molar-refractivity contribution in [3.8, 4) is 0 Å². The number of rotatable bonds is 2. The van der Waals surface area contributed by atoms with Gasteiger partial charge in [-0.25, -0.2) is 0 Å². The van der Waals surface area contributed by atoms with Gasteiger partial charge in [0, 0.05) is 5.56 Å². The minimum Gasteiger partial charge on any atom is -0.273 e. The van der Waals surface area contributed by atoms with Crippen LogP contribution in [0.25, 0.3) is 0 Å². The molecule has 0 amide bonds. The maximum absolute atomic E-state index is 4.46. The molecule has 1 aliphatic rings. The fraction of sp³-hybridized carbons (Fsp3) is 0.133. The molecule has 0 spiro atoms. The number of halogens is 1. The van der Waals surface area contributed by atoms with Gasteiger partial charge in [-0.3, -0.25) is 4.99 Å². The molecule has 0 aliphatic carbocycles. The van der Waals surface area contributed by atoms with Gasteiger partial charge in [-0.05, 0) is 51.8 Å². The Kier molecular flexibility index (Phi) is 2.97. The zero-order valence-electron chi connectivity index (χ0n) is 9.36. The van der Waals surface area contributed by atoms with Crippen LogP contribution >= 0.6 is 22.6 Å². The summed E-state index contributed by atoms with van der Waals surface area (Å²) in [6.45, 7) is 0.846. The van der Waals surface area contributed by atoms with Crippen LogP contribution < -0.4 is 0 Å². The van der Waals surface area contributed by atoms with Crippen LogP contribution in [0.5, 0.6) is 0 Å². The van der Waals surface area contributed by atoms with Crippen LogP contribution in [0, 0.1) is 0 Å². The third kappa shape index (κ3) is 2.27. The minimum absolute atomic E-state index is 0.846. The van der Waals surface area contributed by atoms with Gasteiger partial charge < -0.3 is 0 Å². The average molecular weight is 333 g/mol. The molecule has 2 aromatic rings. The lowest BCUT2D eigenvalue weighted by Gasteiger charge is -2.05. The van der Waals surface area contributed by atoms with Crippen LogP contribution in [0.4, 0.5) is 0 Å². The van der Waals surface area contributed by atoms with Gasteiger partial charge >= 0.3 is 0 Å². The van der Waals surface area contributed by atoms with Crippen molar-refractivity contribution >= 4 is 26.3 Å². The molecule has 0 radical (unpaired) electrons. The average Bonchev–Trinajstić information content (AvgIpc) is 2.73. The van der Waals surface area contributed by atoms with Crippen molar-refractivity contribution in [3.05, 3.63) is 70.8 Å². The largest absolute Gasteiger partial charge is 0.273 e. The molecule has 0 atom stereocenters. The first-order valence-corrected chi connectivity index (χ1v) is 6.77. The fourth-order valence-corrected chi connectivity index (χ4v) is 2.81. The summed E-state index contributed by atoms with van der Waals surface area (Å²) in [5.41, 5.74) is 5.39. The summed E-state index contributed by atoms with van der Waals surface area (Å²) in [7, 11) is 0. The van der Waals surface area contributed by atoms with Crippen LogP contribution in [0.1, 0.15) is 22.3 Å². The van der Waals surface area contributed by atoms with Crippen molar-refractivity contribution in [2.45, 2.75) is 13.0 Å². The standard InChI is InChI=1S/C15H12IN/c16-15-14-9-12(6-7-13(14)10-17-15)8-11-4-2-1-3-5-11/h1-7,9H,8,10H2. The van der Waals surface area contributed by atoms with E-state index < -0.39 is 0 Å². The molecule has 2 aromatic carbocycles. The smallest absolute Gasteiger partial charge is 0.103 e. The molecule has 3 rings (SSSR count). The van der Waals surface area contributed by atoms with E-state index in [2.05, 4.69) is 76.1 Å². The highest BCUT2D eigenvalue weighted by Crippen LogP contribution is 2.24. The third-order valence-electron chi connectivity index (χ3n) is 3.04. The molecule has 1 aliphatic heterocycles. The zero-order chi connectivity index (χ0) is 11.7. The van der Waals surface area contributed by atoms with E-state index in [4.69, 9.17) is 0 Å². The Balaban J connectivity index is 1.90. The van der Waals surface area contributed by atoms with Crippen molar-refractivity contribution in [1.82, 2.24) is 0 Å². The Morgan fingerprint density at radius 2 is 1.82 bits per heavy atom. The van der Waals surface area contributed by atoms with Crippen LogP contribution in [0.15, 0.2) is 53.5 Å². The summed E-state index contributed by atoms with van der Waals surface area (Å²) < 4.78 is 1.15. The second-order valence-electron chi connectivity index (χ2n) is 4.26. The van der Waals surface area contributed by atoms with E-state index in [1.165, 1.54) is 22.3 Å². The lowest BCUT2D eigenvalue weighted by molar-refractivity contribution is 1.10. The van der Waals surface area contributed by atoms with Crippen molar-refractivity contribution < 1.29 is 0 Å². The molecule has 17 heavy (non-hydrogen) atoms. The predicted molar refractivity (Wildman–Crippen MR) is 80.0 cm³/mol. The maximum atomic E-state index is 4.46. The quantitative estimate of drug-likeness (QED) is 0.738. The lowest BCUT2D eigenvalue weighted by Crippen LogP contribution is -1.93. The Hall–Kier alpha value is -1.16. The Morgan fingerprint density at radius 1 is 1.00 bits per heavy atom. The summed E-state index contributed by atoms with van der Waals surface area (Å²) in [5.74, 6) is 0. The Bertz CT molecular complexity index is 573. The molecule has 0 aromatic heterocycles. The first-order chi connectivity index (χ1) is 8.33. The summed E-state index contributed by atoms with van der Waals surface area (Å²) >= 11 is 2.32. The lowest BCUT2D eigenvalue weighted by atomic mass is 10.0. The topological polar surface area (TPSA) is 12.4 Å². The highest BCUT2D eigenvalue weighted by atomic mass is 127. The summed E-state index contributed by atoms with van der Waals surface area (Å²) in [6.07, 6.45) is 0.998.